The first-order valence-electron chi connectivity index (χ1n) is 15.2. The molecule has 4 heterocycles. The fourth-order valence-corrected chi connectivity index (χ4v) is 5.11. The molecule has 4 nitrogen and oxygen atoms in total. The van der Waals surface area contributed by atoms with Gasteiger partial charge in [-0.1, -0.05) is 72.1 Å². The zero-order valence-corrected chi connectivity index (χ0v) is 24.3. The van der Waals surface area contributed by atoms with E-state index in [9.17, 15) is 0 Å². The normalized spacial score (nSPS) is 24.6. The van der Waals surface area contributed by atoms with Crippen molar-refractivity contribution >= 4 is 0 Å². The molecule has 0 aromatic carbocycles. The van der Waals surface area contributed by atoms with Crippen molar-refractivity contribution in [2.75, 3.05) is 80.5 Å². The topological polar surface area (TPSA) is 13.0 Å². The molecular formula is C31H68N4. The third-order valence-electron chi connectivity index (χ3n) is 7.96. The van der Waals surface area contributed by atoms with E-state index in [1.807, 2.05) is 0 Å². The van der Waals surface area contributed by atoms with Crippen LogP contribution in [0.25, 0.3) is 0 Å². The molecule has 0 bridgehead atoms. The van der Waals surface area contributed by atoms with Crippen molar-refractivity contribution in [2.45, 2.75) is 117 Å². The Bertz CT molecular complexity index is 362. The summed E-state index contributed by atoms with van der Waals surface area (Å²) < 4.78 is 0. The quantitative estimate of drug-likeness (QED) is 0.350. The van der Waals surface area contributed by atoms with Crippen LogP contribution < -0.4 is 0 Å². The van der Waals surface area contributed by atoms with Crippen LogP contribution in [-0.2, 0) is 0 Å². The first-order chi connectivity index (χ1) is 16.5. The number of piperidine rings is 2. The second-order valence-corrected chi connectivity index (χ2v) is 11.8. The van der Waals surface area contributed by atoms with Crippen LogP contribution in [0.5, 0.6) is 0 Å². The smallest absolute Gasteiger partial charge is 0.000959 e. The van der Waals surface area contributed by atoms with E-state index in [4.69, 9.17) is 0 Å². The molecule has 0 N–H and O–H groups in total. The zero-order valence-electron chi connectivity index (χ0n) is 24.3. The standard InChI is InChI=1S/C7H15N.C7H14.2C6H13N.C4H9N.CH4/c1-8-6-4-2-3-5-7-8;3*1-7-5-3-2-4-6-7;1-5-3-2-4-5;/h2-7H2,1H3;7H,2-6H2,1H3;2*2-6H2,1H3;2-4H2,1H3;1H4. The van der Waals surface area contributed by atoms with Gasteiger partial charge in [0.1, 0.15) is 0 Å². The van der Waals surface area contributed by atoms with E-state index in [0.717, 1.165) is 5.92 Å². The lowest BCUT2D eigenvalue weighted by atomic mass is 9.91. The van der Waals surface area contributed by atoms with E-state index in [1.165, 1.54) is 155 Å². The van der Waals surface area contributed by atoms with Gasteiger partial charge in [0.15, 0.2) is 0 Å². The fraction of sp³-hybridized carbons (Fsp3) is 1.00. The van der Waals surface area contributed by atoms with Crippen LogP contribution >= 0.6 is 0 Å². The van der Waals surface area contributed by atoms with Crippen molar-refractivity contribution in [1.29, 1.82) is 0 Å². The molecule has 5 rings (SSSR count). The fourth-order valence-electron chi connectivity index (χ4n) is 5.11. The minimum atomic E-state index is 0. The average Bonchev–Trinajstić information content (AvgIpc) is 3.08. The van der Waals surface area contributed by atoms with E-state index in [-0.39, 0.29) is 7.43 Å². The van der Waals surface area contributed by atoms with Crippen LogP contribution in [0.1, 0.15) is 117 Å². The van der Waals surface area contributed by atoms with Gasteiger partial charge in [-0.25, -0.2) is 0 Å². The molecule has 212 valence electrons. The van der Waals surface area contributed by atoms with Gasteiger partial charge in [0.2, 0.25) is 0 Å². The summed E-state index contributed by atoms with van der Waals surface area (Å²) in [6.07, 6.45) is 23.1. The van der Waals surface area contributed by atoms with Gasteiger partial charge < -0.3 is 19.6 Å². The maximum absolute atomic E-state index is 2.42. The summed E-state index contributed by atoms with van der Waals surface area (Å²) in [5, 5.41) is 0. The lowest BCUT2D eigenvalue weighted by molar-refractivity contribution is 0.229. The van der Waals surface area contributed by atoms with Gasteiger partial charge in [0, 0.05) is 0 Å². The number of hydrogen-bond acceptors (Lipinski definition) is 4. The highest BCUT2D eigenvalue weighted by Crippen LogP contribution is 2.22. The van der Waals surface area contributed by atoms with Gasteiger partial charge in [-0.05, 0) is 131 Å². The Morgan fingerprint density at radius 2 is 0.571 bits per heavy atom. The summed E-state index contributed by atoms with van der Waals surface area (Å²) >= 11 is 0. The molecule has 4 saturated heterocycles. The molecule has 1 aliphatic carbocycles. The van der Waals surface area contributed by atoms with Gasteiger partial charge in [-0.15, -0.1) is 0 Å². The summed E-state index contributed by atoms with van der Waals surface area (Å²) in [7, 11) is 8.74. The predicted octanol–water partition coefficient (Wildman–Crippen LogP) is 7.24. The van der Waals surface area contributed by atoms with Crippen LogP contribution in [0.4, 0.5) is 0 Å². The molecule has 0 radical (unpaired) electrons. The highest BCUT2D eigenvalue weighted by atomic mass is 15.1. The number of hydrogen-bond donors (Lipinski definition) is 0. The van der Waals surface area contributed by atoms with Crippen molar-refractivity contribution in [1.82, 2.24) is 19.6 Å². The molecule has 0 aromatic heterocycles. The van der Waals surface area contributed by atoms with Crippen molar-refractivity contribution in [2.24, 2.45) is 5.92 Å². The lowest BCUT2D eigenvalue weighted by Crippen LogP contribution is -2.32. The minimum absolute atomic E-state index is 0. The highest BCUT2D eigenvalue weighted by molar-refractivity contribution is 4.62. The van der Waals surface area contributed by atoms with Gasteiger partial charge in [0.05, 0.1) is 0 Å². The maximum Gasteiger partial charge on any atom is -0.000959 e. The van der Waals surface area contributed by atoms with Crippen molar-refractivity contribution in [3.05, 3.63) is 0 Å². The molecule has 0 amide bonds. The average molecular weight is 497 g/mol. The van der Waals surface area contributed by atoms with Crippen molar-refractivity contribution < 1.29 is 0 Å². The van der Waals surface area contributed by atoms with E-state index in [2.05, 4.69) is 54.7 Å². The Balaban J connectivity index is 0.000000412. The van der Waals surface area contributed by atoms with Crippen LogP contribution in [0.3, 0.4) is 0 Å². The van der Waals surface area contributed by atoms with E-state index in [1.54, 1.807) is 0 Å². The van der Waals surface area contributed by atoms with E-state index >= 15 is 0 Å². The first-order valence-corrected chi connectivity index (χ1v) is 15.2. The molecule has 35 heavy (non-hydrogen) atoms. The molecule has 0 aromatic rings. The Hall–Kier alpha value is -0.160. The lowest BCUT2D eigenvalue weighted by Gasteiger charge is -2.24. The molecule has 0 unspecified atom stereocenters. The molecule has 4 heteroatoms. The number of rotatable bonds is 0. The Morgan fingerprint density at radius 3 is 0.771 bits per heavy atom. The van der Waals surface area contributed by atoms with E-state index < -0.39 is 0 Å². The van der Waals surface area contributed by atoms with Gasteiger partial charge in [-0.2, -0.15) is 0 Å². The third kappa shape index (κ3) is 22.7. The van der Waals surface area contributed by atoms with Crippen molar-refractivity contribution in [3.63, 3.8) is 0 Å². The second-order valence-electron chi connectivity index (χ2n) is 11.8. The monoisotopic (exact) mass is 497 g/mol. The largest absolute Gasteiger partial charge is 0.306 e. The Kier molecular flexibility index (Phi) is 24.1. The molecule has 4 aliphatic heterocycles. The molecule has 5 fully saturated rings. The van der Waals surface area contributed by atoms with Gasteiger partial charge >= 0.3 is 0 Å². The third-order valence-corrected chi connectivity index (χ3v) is 7.96. The van der Waals surface area contributed by atoms with Gasteiger partial charge in [-0.3, -0.25) is 0 Å². The molecule has 0 spiro atoms. The number of likely N-dealkylation sites (tertiary alicyclic amines) is 4. The molecule has 0 atom stereocenters. The molecule has 5 aliphatic rings. The zero-order chi connectivity index (χ0) is 24.9. The summed E-state index contributed by atoms with van der Waals surface area (Å²) in [6.45, 7) is 12.9. The predicted molar refractivity (Wildman–Crippen MR) is 160 cm³/mol. The first kappa shape index (κ1) is 34.8. The Morgan fingerprint density at radius 1 is 0.343 bits per heavy atom. The van der Waals surface area contributed by atoms with E-state index in [0.29, 0.717) is 0 Å². The summed E-state index contributed by atoms with van der Waals surface area (Å²) in [5.41, 5.74) is 0. The van der Waals surface area contributed by atoms with Crippen LogP contribution in [0, 0.1) is 5.92 Å². The van der Waals surface area contributed by atoms with Crippen LogP contribution in [0.2, 0.25) is 0 Å². The second kappa shape index (κ2) is 24.2. The Labute approximate surface area is 223 Å². The van der Waals surface area contributed by atoms with Crippen LogP contribution in [0.15, 0.2) is 0 Å². The molecular weight excluding hydrogens is 428 g/mol. The molecule has 1 saturated carbocycles. The summed E-state index contributed by atoms with van der Waals surface area (Å²) in [5.74, 6) is 1.04. The maximum atomic E-state index is 2.42. The van der Waals surface area contributed by atoms with Crippen LogP contribution in [-0.4, -0.2) is 100 Å². The van der Waals surface area contributed by atoms with Crippen molar-refractivity contribution in [3.8, 4) is 0 Å². The minimum Gasteiger partial charge on any atom is -0.306 e. The highest BCUT2D eigenvalue weighted by Gasteiger charge is 2.06. The number of nitrogens with zero attached hydrogens (tertiary/aromatic N) is 4. The summed E-state index contributed by atoms with van der Waals surface area (Å²) in [6, 6.07) is 0. The summed E-state index contributed by atoms with van der Waals surface area (Å²) in [4.78, 5) is 9.51. The SMILES string of the molecule is C.CC1CCCCC1.CN1CCC1.CN1CCCCC1.CN1CCCCC1.CN1CCCCCC1. The van der Waals surface area contributed by atoms with Gasteiger partial charge in [0.25, 0.3) is 0 Å².